The molecule has 2 aromatic rings. The molecule has 136 valence electrons. The molecule has 1 atom stereocenters. The molecule has 0 bridgehead atoms. The fourth-order valence-electron chi connectivity index (χ4n) is 2.80. The minimum absolute atomic E-state index is 0.0794. The minimum atomic E-state index is -1.20. The topological polar surface area (TPSA) is 77.7 Å². The molecule has 0 aliphatic heterocycles. The van der Waals surface area contributed by atoms with Crippen molar-refractivity contribution in [2.75, 3.05) is 26.0 Å². The third kappa shape index (κ3) is 5.34. The van der Waals surface area contributed by atoms with Gasteiger partial charge in [-0.25, -0.2) is 4.79 Å². The Balaban J connectivity index is 1.95. The van der Waals surface area contributed by atoms with E-state index in [2.05, 4.69) is 15.5 Å². The second-order valence-corrected chi connectivity index (χ2v) is 6.85. The Morgan fingerprint density at radius 1 is 1.28 bits per heavy atom. The number of furan rings is 1. The first-order valence-electron chi connectivity index (χ1n) is 8.26. The summed E-state index contributed by atoms with van der Waals surface area (Å²) >= 11 is 0. The van der Waals surface area contributed by atoms with Crippen molar-refractivity contribution in [3.8, 4) is 0 Å². The molecule has 0 saturated heterocycles. The number of nitrogens with zero attached hydrogens (tertiary/aromatic N) is 1. The number of carbonyl (C=O) groups excluding carboxylic acids is 1. The van der Waals surface area contributed by atoms with E-state index in [0.29, 0.717) is 17.0 Å². The summed E-state index contributed by atoms with van der Waals surface area (Å²) in [4.78, 5) is 14.2. The summed E-state index contributed by atoms with van der Waals surface area (Å²) in [6, 6.07) is 9.11. The van der Waals surface area contributed by atoms with Gasteiger partial charge in [-0.2, -0.15) is 0 Å². The maximum atomic E-state index is 12.1. The van der Waals surface area contributed by atoms with E-state index in [1.54, 1.807) is 19.9 Å². The van der Waals surface area contributed by atoms with Gasteiger partial charge in [-0.05, 0) is 58.6 Å². The standard InChI is InChI=1S/C19H27N3O3/c1-13-9-17(14(2)25-13)19(3,24)12-20-18(23)21-16-8-6-7-15(10-16)11-22(4)5/h6-10,24H,11-12H2,1-5H3,(H2,20,21,23). The molecule has 0 aliphatic carbocycles. The van der Waals surface area contributed by atoms with Crippen molar-refractivity contribution in [3.05, 3.63) is 53.0 Å². The molecule has 25 heavy (non-hydrogen) atoms. The number of amides is 2. The molecule has 1 aromatic carbocycles. The second-order valence-electron chi connectivity index (χ2n) is 6.85. The van der Waals surface area contributed by atoms with Gasteiger partial charge in [0.2, 0.25) is 0 Å². The van der Waals surface area contributed by atoms with Crippen LogP contribution in [0.3, 0.4) is 0 Å². The van der Waals surface area contributed by atoms with Crippen LogP contribution >= 0.6 is 0 Å². The van der Waals surface area contributed by atoms with E-state index in [9.17, 15) is 9.90 Å². The first-order chi connectivity index (χ1) is 11.7. The summed E-state index contributed by atoms with van der Waals surface area (Å²) in [7, 11) is 3.99. The molecule has 1 unspecified atom stereocenters. The molecule has 0 fully saturated rings. The number of anilines is 1. The maximum Gasteiger partial charge on any atom is 0.319 e. The summed E-state index contributed by atoms with van der Waals surface area (Å²) in [6.07, 6.45) is 0. The molecule has 2 rings (SSSR count). The van der Waals surface area contributed by atoms with Gasteiger partial charge < -0.3 is 25.1 Å². The van der Waals surface area contributed by atoms with Crippen molar-refractivity contribution in [3.63, 3.8) is 0 Å². The lowest BCUT2D eigenvalue weighted by Gasteiger charge is -2.23. The molecule has 2 amide bonds. The number of aryl methyl sites for hydroxylation is 2. The highest BCUT2D eigenvalue weighted by atomic mass is 16.3. The molecular weight excluding hydrogens is 318 g/mol. The fraction of sp³-hybridized carbons (Fsp3) is 0.421. The monoisotopic (exact) mass is 345 g/mol. The van der Waals surface area contributed by atoms with Crippen LogP contribution < -0.4 is 10.6 Å². The van der Waals surface area contributed by atoms with Crippen LogP contribution in [0, 0.1) is 13.8 Å². The number of rotatable bonds is 6. The van der Waals surface area contributed by atoms with Gasteiger partial charge in [-0.1, -0.05) is 12.1 Å². The Hall–Kier alpha value is -2.31. The summed E-state index contributed by atoms with van der Waals surface area (Å²) < 4.78 is 5.46. The van der Waals surface area contributed by atoms with Gasteiger partial charge in [0.05, 0.1) is 6.54 Å². The zero-order valence-corrected chi connectivity index (χ0v) is 15.5. The van der Waals surface area contributed by atoms with Gasteiger partial charge in [0.25, 0.3) is 0 Å². The van der Waals surface area contributed by atoms with E-state index in [1.165, 1.54) is 0 Å². The lowest BCUT2D eigenvalue weighted by Crippen LogP contribution is -2.40. The first kappa shape index (κ1) is 19.0. The molecule has 0 radical (unpaired) electrons. The van der Waals surface area contributed by atoms with Gasteiger partial charge >= 0.3 is 6.03 Å². The maximum absolute atomic E-state index is 12.1. The minimum Gasteiger partial charge on any atom is -0.466 e. The third-order valence-electron chi connectivity index (χ3n) is 3.90. The average molecular weight is 345 g/mol. The Morgan fingerprint density at radius 3 is 2.60 bits per heavy atom. The molecule has 6 heteroatoms. The zero-order chi connectivity index (χ0) is 18.6. The number of nitrogens with one attached hydrogen (secondary N) is 2. The van der Waals surface area contributed by atoms with Gasteiger partial charge in [0.15, 0.2) is 0 Å². The Kier molecular flexibility index (Phi) is 5.87. The lowest BCUT2D eigenvalue weighted by atomic mass is 9.96. The number of aliphatic hydroxyl groups is 1. The van der Waals surface area contributed by atoms with E-state index in [4.69, 9.17) is 4.42 Å². The van der Waals surface area contributed by atoms with E-state index in [0.717, 1.165) is 17.9 Å². The van der Waals surface area contributed by atoms with Crippen LogP contribution in [0.4, 0.5) is 10.5 Å². The van der Waals surface area contributed by atoms with Crippen LogP contribution in [0.5, 0.6) is 0 Å². The predicted octanol–water partition coefficient (Wildman–Crippen LogP) is 2.99. The van der Waals surface area contributed by atoms with Crippen molar-refractivity contribution in [2.24, 2.45) is 0 Å². The summed E-state index contributed by atoms with van der Waals surface area (Å²) in [5.74, 6) is 1.39. The van der Waals surface area contributed by atoms with Gasteiger partial charge in [-0.3, -0.25) is 0 Å². The van der Waals surface area contributed by atoms with Crippen molar-refractivity contribution in [1.29, 1.82) is 0 Å². The highest BCUT2D eigenvalue weighted by Crippen LogP contribution is 2.26. The molecule has 0 aliphatic rings. The largest absolute Gasteiger partial charge is 0.466 e. The average Bonchev–Trinajstić information content (AvgIpc) is 2.84. The quantitative estimate of drug-likeness (QED) is 0.752. The van der Waals surface area contributed by atoms with Crippen molar-refractivity contribution in [1.82, 2.24) is 10.2 Å². The number of urea groups is 1. The molecule has 1 aromatic heterocycles. The van der Waals surface area contributed by atoms with Crippen molar-refractivity contribution in [2.45, 2.75) is 32.9 Å². The Labute approximate surface area is 148 Å². The van der Waals surface area contributed by atoms with Crippen molar-refractivity contribution < 1.29 is 14.3 Å². The summed E-state index contributed by atoms with van der Waals surface area (Å²) in [6.45, 7) is 6.16. The highest BCUT2D eigenvalue weighted by molar-refractivity contribution is 5.89. The van der Waals surface area contributed by atoms with Crippen LogP contribution in [0.15, 0.2) is 34.7 Å². The molecule has 6 nitrogen and oxygen atoms in total. The summed E-state index contributed by atoms with van der Waals surface area (Å²) in [5, 5.41) is 16.1. The highest BCUT2D eigenvalue weighted by Gasteiger charge is 2.28. The van der Waals surface area contributed by atoms with E-state index >= 15 is 0 Å². The molecule has 0 saturated carbocycles. The van der Waals surface area contributed by atoms with Gasteiger partial charge in [0.1, 0.15) is 17.1 Å². The first-order valence-corrected chi connectivity index (χ1v) is 8.26. The smallest absolute Gasteiger partial charge is 0.319 e. The fourth-order valence-corrected chi connectivity index (χ4v) is 2.80. The number of hydrogen-bond donors (Lipinski definition) is 3. The lowest BCUT2D eigenvalue weighted by molar-refractivity contribution is 0.0584. The van der Waals surface area contributed by atoms with Crippen molar-refractivity contribution >= 4 is 11.7 Å². The third-order valence-corrected chi connectivity index (χ3v) is 3.90. The van der Waals surface area contributed by atoms with Gasteiger partial charge in [0, 0.05) is 17.8 Å². The Morgan fingerprint density at radius 2 is 2.00 bits per heavy atom. The van der Waals surface area contributed by atoms with Crippen LogP contribution in [0.1, 0.15) is 29.6 Å². The second kappa shape index (κ2) is 7.72. The molecule has 1 heterocycles. The van der Waals surface area contributed by atoms with Crippen LogP contribution in [0.25, 0.3) is 0 Å². The molecule has 3 N–H and O–H groups in total. The summed E-state index contributed by atoms with van der Waals surface area (Å²) in [5.41, 5.74) is 1.30. The van der Waals surface area contributed by atoms with Crippen LogP contribution in [0.2, 0.25) is 0 Å². The number of carbonyl (C=O) groups is 1. The number of hydrogen-bond acceptors (Lipinski definition) is 4. The van der Waals surface area contributed by atoms with E-state index in [1.807, 2.05) is 45.3 Å². The molecular formula is C19H27N3O3. The Bertz CT molecular complexity index is 735. The van der Waals surface area contributed by atoms with Crippen LogP contribution in [-0.2, 0) is 12.1 Å². The van der Waals surface area contributed by atoms with Gasteiger partial charge in [-0.15, -0.1) is 0 Å². The van der Waals surface area contributed by atoms with Crippen LogP contribution in [-0.4, -0.2) is 36.7 Å². The SMILES string of the molecule is Cc1cc(C(C)(O)CNC(=O)Nc2cccc(CN(C)C)c2)c(C)o1. The molecule has 0 spiro atoms. The predicted molar refractivity (Wildman–Crippen MR) is 98.6 cm³/mol. The normalized spacial score (nSPS) is 13.6. The van der Waals surface area contributed by atoms with E-state index in [-0.39, 0.29) is 12.6 Å². The van der Waals surface area contributed by atoms with E-state index < -0.39 is 5.60 Å². The number of benzene rings is 1. The zero-order valence-electron chi connectivity index (χ0n) is 15.5.